The maximum absolute atomic E-state index is 11.6. The molecule has 6 nitrogen and oxygen atoms in total. The lowest BCUT2D eigenvalue weighted by Gasteiger charge is -2.06. The van der Waals surface area contributed by atoms with Crippen LogP contribution in [0.1, 0.15) is 18.4 Å². The Morgan fingerprint density at radius 2 is 1.85 bits per heavy atom. The molecule has 0 saturated carbocycles. The van der Waals surface area contributed by atoms with E-state index in [4.69, 9.17) is 5.73 Å². The Hall–Kier alpha value is -1.60. The number of anilines is 1. The van der Waals surface area contributed by atoms with Gasteiger partial charge in [-0.2, -0.15) is 0 Å². The second kappa shape index (κ2) is 7.86. The van der Waals surface area contributed by atoms with E-state index in [1.165, 1.54) is 0 Å². The van der Waals surface area contributed by atoms with Crippen molar-refractivity contribution in [3.05, 3.63) is 29.8 Å². The van der Waals surface area contributed by atoms with Gasteiger partial charge in [0.25, 0.3) is 0 Å². The number of rotatable bonds is 8. The zero-order chi connectivity index (χ0) is 15.0. The fourth-order valence-electron chi connectivity index (χ4n) is 1.60. The Kier molecular flexibility index (Phi) is 6.47. The van der Waals surface area contributed by atoms with Crippen molar-refractivity contribution >= 4 is 21.6 Å². The van der Waals surface area contributed by atoms with Gasteiger partial charge < -0.3 is 11.1 Å². The molecular formula is C13H21N3O3S. The molecule has 0 radical (unpaired) electrons. The third kappa shape index (κ3) is 7.75. The third-order valence-corrected chi connectivity index (χ3v) is 3.39. The van der Waals surface area contributed by atoms with Gasteiger partial charge in [0.2, 0.25) is 15.9 Å². The Bertz CT molecular complexity index is 526. The molecule has 0 bridgehead atoms. The van der Waals surface area contributed by atoms with Crippen LogP contribution in [-0.2, 0) is 21.2 Å². The molecule has 20 heavy (non-hydrogen) atoms. The van der Waals surface area contributed by atoms with E-state index in [0.29, 0.717) is 38.0 Å². The second-order valence-electron chi connectivity index (χ2n) is 4.61. The van der Waals surface area contributed by atoms with Crippen LogP contribution in [0.4, 0.5) is 5.69 Å². The van der Waals surface area contributed by atoms with Crippen LogP contribution in [0.2, 0.25) is 0 Å². The number of hydrogen-bond donors (Lipinski definition) is 3. The highest BCUT2D eigenvalue weighted by molar-refractivity contribution is 7.88. The van der Waals surface area contributed by atoms with Gasteiger partial charge in [0, 0.05) is 25.2 Å². The maximum atomic E-state index is 11.6. The molecule has 0 atom stereocenters. The Labute approximate surface area is 119 Å². The molecule has 0 spiro atoms. The van der Waals surface area contributed by atoms with Gasteiger partial charge in [-0.05, 0) is 30.5 Å². The molecule has 4 N–H and O–H groups in total. The predicted molar refractivity (Wildman–Crippen MR) is 79.6 cm³/mol. The SMILES string of the molecule is CS(=O)(=O)NCCCNC(=O)CCc1ccc(N)cc1. The van der Waals surface area contributed by atoms with Gasteiger partial charge in [-0.25, -0.2) is 13.1 Å². The summed E-state index contributed by atoms with van der Waals surface area (Å²) in [6.07, 6.45) is 2.75. The van der Waals surface area contributed by atoms with Crippen molar-refractivity contribution in [1.29, 1.82) is 0 Å². The number of benzene rings is 1. The van der Waals surface area contributed by atoms with Crippen molar-refractivity contribution in [2.45, 2.75) is 19.3 Å². The van der Waals surface area contributed by atoms with Crippen LogP contribution in [-0.4, -0.2) is 33.7 Å². The molecule has 0 unspecified atom stereocenters. The minimum absolute atomic E-state index is 0.0406. The average molecular weight is 299 g/mol. The van der Waals surface area contributed by atoms with Gasteiger partial charge in [-0.15, -0.1) is 0 Å². The van der Waals surface area contributed by atoms with Gasteiger partial charge in [0.15, 0.2) is 0 Å². The van der Waals surface area contributed by atoms with E-state index < -0.39 is 10.0 Å². The molecule has 0 fully saturated rings. The molecule has 0 saturated heterocycles. The fourth-order valence-corrected chi connectivity index (χ4v) is 2.12. The summed E-state index contributed by atoms with van der Waals surface area (Å²) in [5, 5.41) is 2.75. The first kappa shape index (κ1) is 16.5. The smallest absolute Gasteiger partial charge is 0.220 e. The number of aryl methyl sites for hydroxylation is 1. The Balaban J connectivity index is 2.13. The quantitative estimate of drug-likeness (QED) is 0.473. The van der Waals surface area contributed by atoms with E-state index in [-0.39, 0.29) is 5.91 Å². The van der Waals surface area contributed by atoms with Crippen molar-refractivity contribution < 1.29 is 13.2 Å². The molecule has 1 aromatic carbocycles. The summed E-state index contributed by atoms with van der Waals surface area (Å²) >= 11 is 0. The molecule has 0 aliphatic rings. The molecule has 0 aliphatic carbocycles. The molecule has 0 heterocycles. The van der Waals surface area contributed by atoms with E-state index in [9.17, 15) is 13.2 Å². The number of amides is 1. The first-order chi connectivity index (χ1) is 9.37. The van der Waals surface area contributed by atoms with Gasteiger partial charge >= 0.3 is 0 Å². The largest absolute Gasteiger partial charge is 0.399 e. The summed E-state index contributed by atoms with van der Waals surface area (Å²) in [4.78, 5) is 11.6. The van der Waals surface area contributed by atoms with Crippen molar-refractivity contribution in [2.75, 3.05) is 25.1 Å². The molecule has 1 rings (SSSR count). The molecule has 112 valence electrons. The number of nitrogen functional groups attached to an aromatic ring is 1. The van der Waals surface area contributed by atoms with Crippen molar-refractivity contribution in [3.8, 4) is 0 Å². The van der Waals surface area contributed by atoms with Crippen LogP contribution in [0, 0.1) is 0 Å². The summed E-state index contributed by atoms with van der Waals surface area (Å²) < 4.78 is 24.0. The highest BCUT2D eigenvalue weighted by atomic mass is 32.2. The second-order valence-corrected chi connectivity index (χ2v) is 6.44. The highest BCUT2D eigenvalue weighted by Crippen LogP contribution is 2.07. The van der Waals surface area contributed by atoms with Crippen molar-refractivity contribution in [3.63, 3.8) is 0 Å². The highest BCUT2D eigenvalue weighted by Gasteiger charge is 2.03. The van der Waals surface area contributed by atoms with Gasteiger partial charge in [0.05, 0.1) is 6.26 Å². The molecule has 7 heteroatoms. The minimum Gasteiger partial charge on any atom is -0.399 e. The van der Waals surface area contributed by atoms with Crippen molar-refractivity contribution in [1.82, 2.24) is 10.0 Å². The van der Waals surface area contributed by atoms with Crippen LogP contribution in [0.3, 0.4) is 0 Å². The maximum Gasteiger partial charge on any atom is 0.220 e. The average Bonchev–Trinajstić information content (AvgIpc) is 2.36. The first-order valence-corrected chi connectivity index (χ1v) is 8.32. The minimum atomic E-state index is -3.15. The summed E-state index contributed by atoms with van der Waals surface area (Å²) in [5.41, 5.74) is 7.35. The summed E-state index contributed by atoms with van der Waals surface area (Å²) in [6.45, 7) is 0.792. The van der Waals surface area contributed by atoms with Crippen molar-refractivity contribution in [2.24, 2.45) is 0 Å². The number of carbonyl (C=O) groups is 1. The number of nitrogens with two attached hydrogens (primary N) is 1. The Morgan fingerprint density at radius 3 is 2.45 bits per heavy atom. The van der Waals surface area contributed by atoms with Crippen LogP contribution in [0.25, 0.3) is 0 Å². The number of carbonyl (C=O) groups excluding carboxylic acids is 1. The van der Waals surface area contributed by atoms with Gasteiger partial charge in [0.1, 0.15) is 0 Å². The molecule has 1 amide bonds. The molecule has 0 aromatic heterocycles. The normalized spacial score (nSPS) is 11.2. The third-order valence-electron chi connectivity index (χ3n) is 2.66. The fraction of sp³-hybridized carbons (Fsp3) is 0.462. The van der Waals surface area contributed by atoms with E-state index in [2.05, 4.69) is 10.0 Å². The zero-order valence-electron chi connectivity index (χ0n) is 11.6. The number of nitrogens with one attached hydrogen (secondary N) is 2. The van der Waals surface area contributed by atoms with E-state index in [1.807, 2.05) is 24.3 Å². The summed E-state index contributed by atoms with van der Waals surface area (Å²) in [6, 6.07) is 7.42. The topological polar surface area (TPSA) is 101 Å². The standard InChI is InChI=1S/C13H21N3O3S/c1-20(18,19)16-10-2-9-15-13(17)8-5-11-3-6-12(14)7-4-11/h3-4,6-7,16H,2,5,8-10,14H2,1H3,(H,15,17). The van der Waals surface area contributed by atoms with E-state index >= 15 is 0 Å². The van der Waals surface area contributed by atoms with Crippen LogP contribution < -0.4 is 15.8 Å². The summed E-state index contributed by atoms with van der Waals surface area (Å²) in [5.74, 6) is -0.0406. The van der Waals surface area contributed by atoms with Gasteiger partial charge in [-0.3, -0.25) is 4.79 Å². The number of sulfonamides is 1. The lowest BCUT2D eigenvalue weighted by molar-refractivity contribution is -0.121. The number of hydrogen-bond acceptors (Lipinski definition) is 4. The first-order valence-electron chi connectivity index (χ1n) is 6.42. The summed E-state index contributed by atoms with van der Waals surface area (Å²) in [7, 11) is -3.15. The lowest BCUT2D eigenvalue weighted by Crippen LogP contribution is -2.29. The molecule has 0 aliphatic heterocycles. The lowest BCUT2D eigenvalue weighted by atomic mass is 10.1. The Morgan fingerprint density at radius 1 is 1.20 bits per heavy atom. The van der Waals surface area contributed by atoms with Gasteiger partial charge in [-0.1, -0.05) is 12.1 Å². The van der Waals surface area contributed by atoms with E-state index in [0.717, 1.165) is 11.8 Å². The molecular weight excluding hydrogens is 278 g/mol. The van der Waals surface area contributed by atoms with E-state index in [1.54, 1.807) is 0 Å². The van der Waals surface area contributed by atoms with Crippen LogP contribution in [0.5, 0.6) is 0 Å². The monoisotopic (exact) mass is 299 g/mol. The van der Waals surface area contributed by atoms with Crippen LogP contribution >= 0.6 is 0 Å². The molecule has 1 aromatic rings. The van der Waals surface area contributed by atoms with Crippen LogP contribution in [0.15, 0.2) is 24.3 Å². The zero-order valence-corrected chi connectivity index (χ0v) is 12.4. The predicted octanol–water partition coefficient (Wildman–Crippen LogP) is 0.257.